The van der Waals surface area contributed by atoms with E-state index in [4.69, 9.17) is 12.2 Å². The van der Waals surface area contributed by atoms with Crippen LogP contribution in [0.5, 0.6) is 0 Å². The largest absolute Gasteiger partial charge is 0.352 e. The molecule has 1 rings (SSSR count). The first kappa shape index (κ1) is 17.0. The van der Waals surface area contributed by atoms with Gasteiger partial charge < -0.3 is 11.1 Å². The predicted molar refractivity (Wildman–Crippen MR) is 78.2 cm³/mol. The number of rotatable bonds is 6. The second-order valence-electron chi connectivity index (χ2n) is 5.01. The minimum absolute atomic E-state index is 0.0283. The topological polar surface area (TPSA) is 92.5 Å². The van der Waals surface area contributed by atoms with Crippen LogP contribution in [-0.2, 0) is 14.8 Å². The summed E-state index contributed by atoms with van der Waals surface area (Å²) in [6.07, 6.45) is 7.14. The monoisotopic (exact) mass is 301 g/mol. The molecular formula is C13H23N3O3S. The molecule has 1 aliphatic heterocycles. The molecule has 20 heavy (non-hydrogen) atoms. The predicted octanol–water partition coefficient (Wildman–Crippen LogP) is -0.343. The first-order valence-electron chi connectivity index (χ1n) is 6.88. The van der Waals surface area contributed by atoms with E-state index in [2.05, 4.69) is 11.2 Å². The van der Waals surface area contributed by atoms with Gasteiger partial charge in [-0.05, 0) is 19.3 Å². The maximum Gasteiger partial charge on any atom is 0.238 e. The molecule has 1 atom stereocenters. The molecule has 6 nitrogen and oxygen atoms in total. The minimum Gasteiger partial charge on any atom is -0.352 e. The van der Waals surface area contributed by atoms with Crippen molar-refractivity contribution in [3.8, 4) is 12.3 Å². The van der Waals surface area contributed by atoms with Crippen LogP contribution in [0, 0.1) is 12.3 Å². The number of nitrogens with two attached hydrogens (primary N) is 1. The summed E-state index contributed by atoms with van der Waals surface area (Å²) in [5.41, 5.74) is 5.62. The Morgan fingerprint density at radius 1 is 1.50 bits per heavy atom. The molecule has 0 aromatic carbocycles. The lowest BCUT2D eigenvalue weighted by Crippen LogP contribution is -2.50. The van der Waals surface area contributed by atoms with E-state index < -0.39 is 16.1 Å². The number of hydrogen-bond acceptors (Lipinski definition) is 4. The van der Waals surface area contributed by atoms with E-state index in [9.17, 15) is 13.2 Å². The van der Waals surface area contributed by atoms with Crippen molar-refractivity contribution in [3.05, 3.63) is 0 Å². The Hall–Kier alpha value is -1.10. The average Bonchev–Trinajstić information content (AvgIpc) is 2.39. The van der Waals surface area contributed by atoms with Gasteiger partial charge >= 0.3 is 0 Å². The highest BCUT2D eigenvalue weighted by atomic mass is 32.2. The third-order valence-corrected chi connectivity index (χ3v) is 5.41. The molecule has 1 amide bonds. The van der Waals surface area contributed by atoms with Crippen molar-refractivity contribution >= 4 is 15.9 Å². The standard InChI is InChI=1S/C13H23N3O3S/c1-3-5-12(14)13(17)15-11-6-8-16(9-7-11)20(18,19)10-4-2/h1,11-12H,4-10,14H2,2H3,(H,15,17). The molecule has 7 heteroatoms. The van der Waals surface area contributed by atoms with Crippen molar-refractivity contribution in [1.82, 2.24) is 9.62 Å². The molecule has 1 aliphatic rings. The van der Waals surface area contributed by atoms with Crippen LogP contribution in [0.2, 0.25) is 0 Å². The van der Waals surface area contributed by atoms with Crippen LogP contribution in [0.3, 0.4) is 0 Å². The highest BCUT2D eigenvalue weighted by Gasteiger charge is 2.28. The van der Waals surface area contributed by atoms with Crippen LogP contribution in [0.4, 0.5) is 0 Å². The quantitative estimate of drug-likeness (QED) is 0.656. The van der Waals surface area contributed by atoms with Gasteiger partial charge in [0.05, 0.1) is 11.8 Å². The summed E-state index contributed by atoms with van der Waals surface area (Å²) in [6.45, 7) is 2.73. The lowest BCUT2D eigenvalue weighted by atomic mass is 10.1. The molecule has 0 spiro atoms. The van der Waals surface area contributed by atoms with Gasteiger partial charge in [-0.3, -0.25) is 4.79 Å². The Kier molecular flexibility index (Phi) is 6.46. The van der Waals surface area contributed by atoms with Crippen molar-refractivity contribution in [2.24, 2.45) is 5.73 Å². The first-order valence-corrected chi connectivity index (χ1v) is 8.49. The number of amides is 1. The summed E-state index contributed by atoms with van der Waals surface area (Å²) in [7, 11) is -3.14. The summed E-state index contributed by atoms with van der Waals surface area (Å²) in [6, 6.07) is -0.721. The van der Waals surface area contributed by atoms with Crippen LogP contribution in [0.1, 0.15) is 32.6 Å². The zero-order valence-corrected chi connectivity index (χ0v) is 12.7. The van der Waals surface area contributed by atoms with Gasteiger partial charge in [0.2, 0.25) is 15.9 Å². The number of terminal acetylenes is 1. The molecule has 0 aromatic heterocycles. The van der Waals surface area contributed by atoms with Crippen LogP contribution in [0.25, 0.3) is 0 Å². The Balaban J connectivity index is 2.43. The van der Waals surface area contributed by atoms with E-state index >= 15 is 0 Å². The molecule has 0 bridgehead atoms. The molecule has 0 saturated carbocycles. The average molecular weight is 301 g/mol. The number of carbonyl (C=O) groups is 1. The van der Waals surface area contributed by atoms with Gasteiger partial charge in [-0.2, -0.15) is 0 Å². The zero-order chi connectivity index (χ0) is 15.2. The highest BCUT2D eigenvalue weighted by Crippen LogP contribution is 2.15. The van der Waals surface area contributed by atoms with Crippen LogP contribution < -0.4 is 11.1 Å². The van der Waals surface area contributed by atoms with E-state index in [-0.39, 0.29) is 24.1 Å². The second-order valence-corrected chi connectivity index (χ2v) is 7.10. The number of piperidine rings is 1. The van der Waals surface area contributed by atoms with Gasteiger partial charge in [0.25, 0.3) is 0 Å². The maximum atomic E-state index is 11.9. The smallest absolute Gasteiger partial charge is 0.238 e. The van der Waals surface area contributed by atoms with Crippen molar-refractivity contribution in [1.29, 1.82) is 0 Å². The molecule has 1 unspecified atom stereocenters. The molecule has 0 radical (unpaired) electrons. The molecule has 1 heterocycles. The lowest BCUT2D eigenvalue weighted by Gasteiger charge is -2.32. The Morgan fingerprint density at radius 2 is 2.10 bits per heavy atom. The second kappa shape index (κ2) is 7.62. The number of sulfonamides is 1. The first-order chi connectivity index (χ1) is 9.40. The van der Waals surface area contributed by atoms with Gasteiger partial charge in [0, 0.05) is 25.6 Å². The third kappa shape index (κ3) is 4.78. The van der Waals surface area contributed by atoms with E-state index in [1.54, 1.807) is 0 Å². The number of nitrogens with zero attached hydrogens (tertiary/aromatic N) is 1. The third-order valence-electron chi connectivity index (χ3n) is 3.33. The van der Waals surface area contributed by atoms with Crippen molar-refractivity contribution in [2.75, 3.05) is 18.8 Å². The van der Waals surface area contributed by atoms with Crippen molar-refractivity contribution < 1.29 is 13.2 Å². The molecule has 114 valence electrons. The van der Waals surface area contributed by atoms with Gasteiger partial charge in [0.15, 0.2) is 0 Å². The number of hydrogen-bond donors (Lipinski definition) is 2. The fourth-order valence-corrected chi connectivity index (χ4v) is 3.73. The van der Waals surface area contributed by atoms with Crippen LogP contribution >= 0.6 is 0 Å². The van der Waals surface area contributed by atoms with E-state index in [0.717, 1.165) is 0 Å². The van der Waals surface area contributed by atoms with E-state index in [0.29, 0.717) is 32.4 Å². The molecule has 0 aliphatic carbocycles. The normalized spacial score (nSPS) is 19.2. The Labute approximate surface area is 121 Å². The zero-order valence-electron chi connectivity index (χ0n) is 11.8. The highest BCUT2D eigenvalue weighted by molar-refractivity contribution is 7.89. The van der Waals surface area contributed by atoms with Crippen molar-refractivity contribution in [2.45, 2.75) is 44.7 Å². The van der Waals surface area contributed by atoms with Gasteiger partial charge in [0.1, 0.15) is 0 Å². The summed E-state index contributed by atoms with van der Waals surface area (Å²) >= 11 is 0. The number of nitrogens with one attached hydrogen (secondary N) is 1. The lowest BCUT2D eigenvalue weighted by molar-refractivity contribution is -0.123. The number of carbonyl (C=O) groups excluding carboxylic acids is 1. The summed E-state index contributed by atoms with van der Waals surface area (Å²) in [5, 5.41) is 2.83. The molecule has 1 saturated heterocycles. The van der Waals surface area contributed by atoms with Gasteiger partial charge in [-0.1, -0.05) is 6.92 Å². The Bertz CT molecular complexity index is 462. The summed E-state index contributed by atoms with van der Waals surface area (Å²) in [5.74, 6) is 2.26. The van der Waals surface area contributed by atoms with Crippen molar-refractivity contribution in [3.63, 3.8) is 0 Å². The molecule has 0 aromatic rings. The van der Waals surface area contributed by atoms with Gasteiger partial charge in [-0.25, -0.2) is 12.7 Å². The molecule has 1 fully saturated rings. The summed E-state index contributed by atoms with van der Waals surface area (Å²) < 4.78 is 25.3. The van der Waals surface area contributed by atoms with E-state index in [1.807, 2.05) is 6.92 Å². The van der Waals surface area contributed by atoms with Crippen LogP contribution in [-0.4, -0.2) is 49.6 Å². The maximum absolute atomic E-state index is 11.9. The Morgan fingerprint density at radius 3 is 2.60 bits per heavy atom. The fourth-order valence-electron chi connectivity index (χ4n) is 2.19. The minimum atomic E-state index is -3.14. The molecular weight excluding hydrogens is 278 g/mol. The van der Waals surface area contributed by atoms with Crippen LogP contribution in [0.15, 0.2) is 0 Å². The SMILES string of the molecule is C#CCC(N)C(=O)NC1CCN(S(=O)(=O)CCC)CC1. The fraction of sp³-hybridized carbons (Fsp3) is 0.769. The van der Waals surface area contributed by atoms with Gasteiger partial charge in [-0.15, -0.1) is 12.3 Å². The van der Waals surface area contributed by atoms with E-state index in [1.165, 1.54) is 4.31 Å². The molecule has 3 N–H and O–H groups in total. The summed E-state index contributed by atoms with van der Waals surface area (Å²) in [4.78, 5) is 11.7.